The van der Waals surface area contributed by atoms with E-state index in [1.165, 1.54) is 5.56 Å². The number of nitrogens with zero attached hydrogens (tertiary/aromatic N) is 1. The van der Waals surface area contributed by atoms with Gasteiger partial charge in [-0.15, -0.1) is 0 Å². The molecule has 1 heteroatoms. The summed E-state index contributed by atoms with van der Waals surface area (Å²) in [6.07, 6.45) is 6.78. The molecule has 20 heavy (non-hydrogen) atoms. The van der Waals surface area contributed by atoms with Gasteiger partial charge in [0.1, 0.15) is 0 Å². The Morgan fingerprint density at radius 3 is 2.35 bits per heavy atom. The lowest BCUT2D eigenvalue weighted by Crippen LogP contribution is -1.83. The summed E-state index contributed by atoms with van der Waals surface area (Å²) in [6.45, 7) is 2.12. The molecule has 0 aliphatic rings. The van der Waals surface area contributed by atoms with Crippen LogP contribution in [0.25, 0.3) is 11.6 Å². The van der Waals surface area contributed by atoms with Gasteiger partial charge in [-0.2, -0.15) is 5.26 Å². The van der Waals surface area contributed by atoms with E-state index in [9.17, 15) is 5.26 Å². The molecule has 0 radical (unpaired) electrons. The Morgan fingerprint density at radius 1 is 1.05 bits per heavy atom. The fourth-order valence-corrected chi connectivity index (χ4v) is 1.94. The molecule has 0 aromatic heterocycles. The molecule has 0 N–H and O–H groups in total. The van der Waals surface area contributed by atoms with Crippen LogP contribution in [-0.4, -0.2) is 0 Å². The zero-order chi connectivity index (χ0) is 14.2. The van der Waals surface area contributed by atoms with Gasteiger partial charge in [-0.1, -0.05) is 73.7 Å². The van der Waals surface area contributed by atoms with Crippen molar-refractivity contribution in [2.45, 2.75) is 13.3 Å². The van der Waals surface area contributed by atoms with E-state index in [4.69, 9.17) is 0 Å². The van der Waals surface area contributed by atoms with Crippen LogP contribution in [0.4, 0.5) is 0 Å². The van der Waals surface area contributed by atoms with Crippen LogP contribution < -0.4 is 0 Å². The quantitative estimate of drug-likeness (QED) is 0.567. The molecular formula is C19H17N. The van der Waals surface area contributed by atoms with Crippen LogP contribution in [0.2, 0.25) is 0 Å². The van der Waals surface area contributed by atoms with E-state index >= 15 is 0 Å². The van der Waals surface area contributed by atoms with Crippen molar-refractivity contribution >= 4 is 11.6 Å². The van der Waals surface area contributed by atoms with E-state index in [-0.39, 0.29) is 0 Å². The molecule has 0 saturated carbocycles. The number of benzene rings is 2. The third kappa shape index (κ3) is 3.70. The molecule has 0 fully saturated rings. The normalized spacial score (nSPS) is 11.5. The molecule has 0 saturated heterocycles. The molecule has 2 rings (SSSR count). The number of nitriles is 1. The van der Waals surface area contributed by atoms with Gasteiger partial charge in [-0.3, -0.25) is 0 Å². The van der Waals surface area contributed by atoms with Crippen LogP contribution in [0.1, 0.15) is 23.6 Å². The van der Waals surface area contributed by atoms with Crippen molar-refractivity contribution in [1.82, 2.24) is 0 Å². The summed E-state index contributed by atoms with van der Waals surface area (Å²) >= 11 is 0. The highest BCUT2D eigenvalue weighted by Crippen LogP contribution is 2.15. The first-order valence-electron chi connectivity index (χ1n) is 6.76. The summed E-state index contributed by atoms with van der Waals surface area (Å²) in [5.74, 6) is 0. The minimum Gasteiger partial charge on any atom is -0.192 e. The number of hydrogen-bond acceptors (Lipinski definition) is 1. The Labute approximate surface area is 120 Å². The molecule has 0 amide bonds. The van der Waals surface area contributed by atoms with E-state index < -0.39 is 0 Å². The van der Waals surface area contributed by atoms with Crippen molar-refractivity contribution in [2.24, 2.45) is 0 Å². The second-order valence-electron chi connectivity index (χ2n) is 4.51. The number of rotatable bonds is 4. The Bertz CT molecular complexity index is 640. The Morgan fingerprint density at radius 2 is 1.75 bits per heavy atom. The zero-order valence-corrected chi connectivity index (χ0v) is 11.6. The van der Waals surface area contributed by atoms with Gasteiger partial charge in [-0.05, 0) is 29.2 Å². The average Bonchev–Trinajstić information content (AvgIpc) is 2.53. The SMILES string of the molecule is CCc1ccc(/C(C#N)=C\C=C\c2ccccc2)cc1. The number of allylic oxidation sites excluding steroid dienone is 3. The maximum atomic E-state index is 9.25. The standard InChI is InChI=1S/C19H17N/c1-2-16-11-13-18(14-12-16)19(15-20)10-6-9-17-7-4-3-5-8-17/h3-14H,2H2,1H3/b9-6+,19-10-. The first-order chi connectivity index (χ1) is 9.83. The molecule has 2 aromatic carbocycles. The Hall–Kier alpha value is -2.59. The first-order valence-corrected chi connectivity index (χ1v) is 6.76. The molecule has 2 aromatic rings. The van der Waals surface area contributed by atoms with Crippen molar-refractivity contribution in [2.75, 3.05) is 0 Å². The first kappa shape index (κ1) is 13.8. The van der Waals surface area contributed by atoms with Crippen molar-refractivity contribution in [3.63, 3.8) is 0 Å². The monoisotopic (exact) mass is 259 g/mol. The van der Waals surface area contributed by atoms with Gasteiger partial charge < -0.3 is 0 Å². The predicted octanol–water partition coefficient (Wildman–Crippen LogP) is 4.87. The summed E-state index contributed by atoms with van der Waals surface area (Å²) in [5, 5.41) is 9.25. The molecule has 0 atom stereocenters. The Balaban J connectivity index is 2.17. The third-order valence-corrected chi connectivity index (χ3v) is 3.14. The maximum Gasteiger partial charge on any atom is 0.0997 e. The van der Waals surface area contributed by atoms with Crippen LogP contribution >= 0.6 is 0 Å². The second-order valence-corrected chi connectivity index (χ2v) is 4.51. The zero-order valence-electron chi connectivity index (χ0n) is 11.6. The van der Waals surface area contributed by atoms with Gasteiger partial charge in [0.2, 0.25) is 0 Å². The smallest absolute Gasteiger partial charge is 0.0997 e. The topological polar surface area (TPSA) is 23.8 Å². The summed E-state index contributed by atoms with van der Waals surface area (Å²) in [5.41, 5.74) is 4.05. The highest BCUT2D eigenvalue weighted by molar-refractivity contribution is 5.78. The highest BCUT2D eigenvalue weighted by Gasteiger charge is 1.98. The molecule has 98 valence electrons. The minimum absolute atomic E-state index is 0.680. The van der Waals surface area contributed by atoms with Gasteiger partial charge in [0.25, 0.3) is 0 Å². The van der Waals surface area contributed by atoms with Crippen molar-refractivity contribution < 1.29 is 0 Å². The van der Waals surface area contributed by atoms with Gasteiger partial charge in [-0.25, -0.2) is 0 Å². The predicted molar refractivity (Wildman–Crippen MR) is 84.9 cm³/mol. The lowest BCUT2D eigenvalue weighted by atomic mass is 10.0. The summed E-state index contributed by atoms with van der Waals surface area (Å²) in [7, 11) is 0. The van der Waals surface area contributed by atoms with Gasteiger partial charge in [0, 0.05) is 0 Å². The minimum atomic E-state index is 0.680. The molecule has 0 unspecified atom stereocenters. The highest BCUT2D eigenvalue weighted by atomic mass is 14.2. The molecule has 0 spiro atoms. The third-order valence-electron chi connectivity index (χ3n) is 3.14. The summed E-state index contributed by atoms with van der Waals surface area (Å²) < 4.78 is 0. The lowest BCUT2D eigenvalue weighted by Gasteiger charge is -2.00. The Kier molecular flexibility index (Phi) is 4.92. The van der Waals surface area contributed by atoms with Crippen LogP contribution in [0.3, 0.4) is 0 Å². The fraction of sp³-hybridized carbons (Fsp3) is 0.105. The number of aryl methyl sites for hydroxylation is 1. The van der Waals surface area contributed by atoms with E-state index in [2.05, 4.69) is 25.1 Å². The fourth-order valence-electron chi connectivity index (χ4n) is 1.94. The van der Waals surface area contributed by atoms with Crippen molar-refractivity contribution in [1.29, 1.82) is 5.26 Å². The lowest BCUT2D eigenvalue weighted by molar-refractivity contribution is 1.14. The van der Waals surface area contributed by atoms with Crippen molar-refractivity contribution in [3.8, 4) is 6.07 Å². The van der Waals surface area contributed by atoms with Crippen LogP contribution in [0.5, 0.6) is 0 Å². The van der Waals surface area contributed by atoms with Crippen LogP contribution in [0.15, 0.2) is 66.7 Å². The van der Waals surface area contributed by atoms with E-state index in [1.54, 1.807) is 0 Å². The molecular weight excluding hydrogens is 242 g/mol. The van der Waals surface area contributed by atoms with Gasteiger partial charge >= 0.3 is 0 Å². The van der Waals surface area contributed by atoms with Crippen LogP contribution in [-0.2, 0) is 6.42 Å². The molecule has 0 aliphatic carbocycles. The van der Waals surface area contributed by atoms with E-state index in [0.29, 0.717) is 5.57 Å². The molecule has 1 nitrogen and oxygen atoms in total. The average molecular weight is 259 g/mol. The number of hydrogen-bond donors (Lipinski definition) is 0. The second kappa shape index (κ2) is 7.11. The van der Waals surface area contributed by atoms with Gasteiger partial charge in [0.15, 0.2) is 0 Å². The van der Waals surface area contributed by atoms with E-state index in [1.807, 2.05) is 60.7 Å². The van der Waals surface area contributed by atoms with E-state index in [0.717, 1.165) is 17.5 Å². The summed E-state index contributed by atoms with van der Waals surface area (Å²) in [4.78, 5) is 0. The molecule has 0 bridgehead atoms. The van der Waals surface area contributed by atoms with Crippen LogP contribution in [0, 0.1) is 11.3 Å². The maximum absolute atomic E-state index is 9.25. The van der Waals surface area contributed by atoms with Gasteiger partial charge in [0.05, 0.1) is 11.6 Å². The van der Waals surface area contributed by atoms with Crippen molar-refractivity contribution in [3.05, 3.63) is 83.4 Å². The molecule has 0 aliphatic heterocycles. The largest absolute Gasteiger partial charge is 0.192 e. The molecule has 0 heterocycles. The summed E-state index contributed by atoms with van der Waals surface area (Å²) in [6, 6.07) is 20.5.